The lowest BCUT2D eigenvalue weighted by molar-refractivity contribution is -0.117. The van der Waals surface area contributed by atoms with E-state index in [0.717, 1.165) is 53.2 Å². The standard InChI is InChI=1S/C34H35BN10O3/c1-4-26-32-24(15-36-44(32)22-16-43(17-22)34(35,48)27-10-5-7-21(18-46)37-27)23-8-6-9-25(31(23)42(26)3)38-30-14-28(40-33(47)20-11-12-20)39-29-13-19(2)41-45(29)30/h5-10,13-15,18,20,22,26,38,48H,4,11-12,16-17H2,1-3H3,(H,39,40,47). The zero-order valence-electron chi connectivity index (χ0n) is 27.0. The van der Waals surface area contributed by atoms with Crippen LogP contribution in [-0.4, -0.2) is 79.5 Å². The number of nitrogens with zero attached hydrogens (tertiary/aromatic N) is 8. The van der Waals surface area contributed by atoms with Gasteiger partial charge in [-0.25, -0.2) is 9.97 Å². The molecular weight excluding hydrogens is 607 g/mol. The van der Waals surface area contributed by atoms with Gasteiger partial charge in [0, 0.05) is 49.3 Å². The van der Waals surface area contributed by atoms with Crippen LogP contribution < -0.4 is 15.5 Å². The van der Waals surface area contributed by atoms with Crippen molar-refractivity contribution in [2.45, 2.75) is 50.8 Å². The smallest absolute Gasteiger partial charge is 0.228 e. The molecule has 2 fully saturated rings. The van der Waals surface area contributed by atoms with Crippen molar-refractivity contribution in [2.75, 3.05) is 35.7 Å². The molecule has 0 bridgehead atoms. The van der Waals surface area contributed by atoms with Crippen molar-refractivity contribution >= 4 is 48.7 Å². The number of hydrogen-bond acceptors (Lipinski definition) is 10. The summed E-state index contributed by atoms with van der Waals surface area (Å²) in [5.74, 6) is 1.23. The van der Waals surface area contributed by atoms with E-state index in [9.17, 15) is 14.7 Å². The molecule has 4 aromatic heterocycles. The number of carbonyl (C=O) groups is 2. The molecular formula is C34H35BN10O3. The lowest BCUT2D eigenvalue weighted by Crippen LogP contribution is -2.59. The quantitative estimate of drug-likeness (QED) is 0.160. The van der Waals surface area contributed by atoms with E-state index in [4.69, 9.17) is 12.9 Å². The first-order valence-electron chi connectivity index (χ1n) is 16.2. The minimum Gasteiger partial charge on any atom is -0.379 e. The average Bonchev–Trinajstić information content (AvgIpc) is 3.72. The van der Waals surface area contributed by atoms with Crippen LogP contribution in [0, 0.1) is 12.8 Å². The van der Waals surface area contributed by atoms with E-state index in [-0.39, 0.29) is 35.3 Å². The van der Waals surface area contributed by atoms with Crippen molar-refractivity contribution in [1.29, 1.82) is 0 Å². The lowest BCUT2D eigenvalue weighted by Gasteiger charge is -2.49. The van der Waals surface area contributed by atoms with Gasteiger partial charge < -0.3 is 20.6 Å². The third-order valence-electron chi connectivity index (χ3n) is 9.65. The number of aromatic nitrogens is 6. The van der Waals surface area contributed by atoms with E-state index in [1.165, 1.54) is 0 Å². The van der Waals surface area contributed by atoms with Crippen molar-refractivity contribution in [1.82, 2.24) is 34.3 Å². The van der Waals surface area contributed by atoms with E-state index >= 15 is 0 Å². The van der Waals surface area contributed by atoms with E-state index in [1.54, 1.807) is 27.6 Å². The van der Waals surface area contributed by atoms with Gasteiger partial charge in [-0.05, 0) is 44.4 Å². The number of aldehydes is 1. The van der Waals surface area contributed by atoms with Crippen molar-refractivity contribution in [3.8, 4) is 11.1 Å². The van der Waals surface area contributed by atoms with E-state index < -0.39 is 5.62 Å². The Balaban J connectivity index is 1.11. The number of aryl methyl sites for hydroxylation is 1. The van der Waals surface area contributed by atoms with Crippen LogP contribution in [-0.2, 0) is 10.4 Å². The van der Waals surface area contributed by atoms with Crippen LogP contribution in [0.3, 0.4) is 0 Å². The first-order valence-corrected chi connectivity index (χ1v) is 16.2. The number of benzene rings is 1. The molecule has 14 heteroatoms. The first-order chi connectivity index (χ1) is 23.2. The number of anilines is 4. The van der Waals surface area contributed by atoms with Crippen molar-refractivity contribution in [3.63, 3.8) is 0 Å². The molecule has 3 aliphatic rings. The SMILES string of the molecule is [B]C(O)(c1cccc(C=O)n1)N1CC(n2ncc3c2C(CC)N(C)c2c(Nc4cc(NC(=O)C5CC5)nc5cc(C)nn45)cccc2-3)C1. The number of para-hydroxylation sites is 1. The van der Waals surface area contributed by atoms with Gasteiger partial charge in [-0.3, -0.25) is 19.2 Å². The van der Waals surface area contributed by atoms with Gasteiger partial charge >= 0.3 is 0 Å². The number of nitrogens with one attached hydrogen (secondary N) is 2. The molecule has 2 atom stereocenters. The maximum atomic E-state index is 12.6. The molecule has 5 aromatic rings. The highest BCUT2D eigenvalue weighted by molar-refractivity contribution is 6.14. The molecule has 1 saturated heterocycles. The summed E-state index contributed by atoms with van der Waals surface area (Å²) in [4.78, 5) is 36.7. The monoisotopic (exact) mass is 642 g/mol. The van der Waals surface area contributed by atoms with Gasteiger partial charge in [0.1, 0.15) is 30.8 Å². The summed E-state index contributed by atoms with van der Waals surface area (Å²) in [5, 5.41) is 27.4. The van der Waals surface area contributed by atoms with Gasteiger partial charge in [-0.15, -0.1) is 0 Å². The Morgan fingerprint density at radius 2 is 1.92 bits per heavy atom. The number of pyridine rings is 1. The van der Waals surface area contributed by atoms with Gasteiger partial charge in [0.05, 0.1) is 46.7 Å². The second-order valence-electron chi connectivity index (χ2n) is 12.9. The summed E-state index contributed by atoms with van der Waals surface area (Å²) in [7, 11) is 8.45. The van der Waals surface area contributed by atoms with Crippen LogP contribution in [0.4, 0.5) is 23.0 Å². The molecule has 1 amide bonds. The maximum Gasteiger partial charge on any atom is 0.228 e. The molecule has 6 heterocycles. The molecule has 1 aliphatic carbocycles. The molecule has 1 saturated carbocycles. The molecule has 1 aromatic carbocycles. The van der Waals surface area contributed by atoms with E-state index in [2.05, 4.69) is 55.3 Å². The summed E-state index contributed by atoms with van der Waals surface area (Å²) in [5.41, 5.74) is 5.20. The van der Waals surface area contributed by atoms with Gasteiger partial charge in [0.15, 0.2) is 11.9 Å². The second kappa shape index (κ2) is 11.3. The zero-order chi connectivity index (χ0) is 33.3. The summed E-state index contributed by atoms with van der Waals surface area (Å²) < 4.78 is 3.83. The summed E-state index contributed by atoms with van der Waals surface area (Å²) in [6.45, 7) is 5.00. The normalized spacial score (nSPS) is 18.9. The number of carbonyl (C=O) groups excluding carboxylic acids is 2. The first kappa shape index (κ1) is 30.3. The predicted molar refractivity (Wildman–Crippen MR) is 181 cm³/mol. The summed E-state index contributed by atoms with van der Waals surface area (Å²) >= 11 is 0. The van der Waals surface area contributed by atoms with Crippen LogP contribution in [0.5, 0.6) is 0 Å². The molecule has 242 valence electrons. The van der Waals surface area contributed by atoms with Crippen LogP contribution in [0.25, 0.3) is 16.8 Å². The molecule has 2 unspecified atom stereocenters. The number of hydrogen-bond donors (Lipinski definition) is 3. The van der Waals surface area contributed by atoms with Crippen LogP contribution >= 0.6 is 0 Å². The minimum atomic E-state index is -1.82. The van der Waals surface area contributed by atoms with Crippen LogP contribution in [0.15, 0.2) is 54.7 Å². The Morgan fingerprint density at radius 3 is 2.67 bits per heavy atom. The average molecular weight is 643 g/mol. The van der Waals surface area contributed by atoms with Crippen molar-refractivity contribution < 1.29 is 14.7 Å². The Hall–Kier alpha value is -5.08. The van der Waals surface area contributed by atoms with Gasteiger partial charge in [0.2, 0.25) is 5.91 Å². The third-order valence-corrected chi connectivity index (χ3v) is 9.65. The fourth-order valence-electron chi connectivity index (χ4n) is 6.98. The molecule has 3 N–H and O–H groups in total. The molecule has 13 nitrogen and oxygen atoms in total. The van der Waals surface area contributed by atoms with Crippen LogP contribution in [0.2, 0.25) is 0 Å². The van der Waals surface area contributed by atoms with Crippen LogP contribution in [0.1, 0.15) is 65.8 Å². The Kier molecular flexibility index (Phi) is 7.11. The van der Waals surface area contributed by atoms with E-state index in [0.29, 0.717) is 36.7 Å². The van der Waals surface area contributed by atoms with E-state index in [1.807, 2.05) is 37.4 Å². The zero-order valence-corrected chi connectivity index (χ0v) is 27.0. The molecule has 8 rings (SSSR count). The molecule has 2 aliphatic heterocycles. The number of amides is 1. The summed E-state index contributed by atoms with van der Waals surface area (Å²) in [6.07, 6.45) is 5.21. The molecule has 48 heavy (non-hydrogen) atoms. The highest BCUT2D eigenvalue weighted by Crippen LogP contribution is 2.50. The number of rotatable bonds is 9. The predicted octanol–water partition coefficient (Wildman–Crippen LogP) is 3.93. The molecule has 2 radical (unpaired) electrons. The number of likely N-dealkylation sites (tertiary alicyclic amines) is 1. The third kappa shape index (κ3) is 4.94. The Bertz CT molecular complexity index is 2080. The highest BCUT2D eigenvalue weighted by Gasteiger charge is 2.44. The van der Waals surface area contributed by atoms with Crippen molar-refractivity contribution in [2.24, 2.45) is 5.92 Å². The lowest BCUT2D eigenvalue weighted by atomic mass is 9.82. The minimum absolute atomic E-state index is 0.00400. The highest BCUT2D eigenvalue weighted by atomic mass is 16.3. The fraction of sp³-hybridized carbons (Fsp3) is 0.353. The largest absolute Gasteiger partial charge is 0.379 e. The fourth-order valence-corrected chi connectivity index (χ4v) is 6.98. The maximum absolute atomic E-state index is 12.6. The van der Waals surface area contributed by atoms with Gasteiger partial charge in [-0.1, -0.05) is 25.1 Å². The second-order valence-corrected chi connectivity index (χ2v) is 12.9. The number of aliphatic hydroxyl groups is 1. The summed E-state index contributed by atoms with van der Waals surface area (Å²) in [6, 6.07) is 14.7. The van der Waals surface area contributed by atoms with Gasteiger partial charge in [0.25, 0.3) is 0 Å². The van der Waals surface area contributed by atoms with Gasteiger partial charge in [-0.2, -0.15) is 14.7 Å². The number of fused-ring (bicyclic) bond motifs is 4. The molecule has 0 spiro atoms. The Morgan fingerprint density at radius 1 is 1.12 bits per heavy atom. The van der Waals surface area contributed by atoms with Crippen molar-refractivity contribution in [3.05, 3.63) is 77.5 Å². The topological polar surface area (TPSA) is 146 Å². The Labute approximate surface area is 278 Å².